The number of hydrogen-bond acceptors (Lipinski definition) is 4. The fourth-order valence-electron chi connectivity index (χ4n) is 5.39. The minimum absolute atomic E-state index is 0.0419. The van der Waals surface area contributed by atoms with Crippen LogP contribution in [0, 0.1) is 12.7 Å². The SMILES string of the molecule is Cc1ccc(NC(=O)N2CCN(C(=O)CCN3CCc4sccc4[C@H]3c3cccc(F)c3)C[C@H]2C)cc1. The number of rotatable bonds is 5. The van der Waals surface area contributed by atoms with Crippen molar-refractivity contribution in [3.63, 3.8) is 0 Å². The van der Waals surface area contributed by atoms with E-state index in [9.17, 15) is 14.0 Å². The number of benzene rings is 2. The molecule has 2 aromatic carbocycles. The molecular formula is C29H33FN4O2S. The molecule has 5 rings (SSSR count). The number of carbonyl (C=O) groups excluding carboxylic acids is 2. The van der Waals surface area contributed by atoms with E-state index in [-0.39, 0.29) is 29.8 Å². The summed E-state index contributed by atoms with van der Waals surface area (Å²) in [4.78, 5) is 33.3. The van der Waals surface area contributed by atoms with Crippen molar-refractivity contribution in [3.05, 3.63) is 87.4 Å². The van der Waals surface area contributed by atoms with Gasteiger partial charge in [-0.25, -0.2) is 9.18 Å². The zero-order chi connectivity index (χ0) is 25.9. The Morgan fingerprint density at radius 3 is 2.65 bits per heavy atom. The molecule has 0 saturated carbocycles. The Bertz CT molecular complexity index is 1260. The van der Waals surface area contributed by atoms with E-state index in [0.29, 0.717) is 32.6 Å². The molecule has 8 heteroatoms. The van der Waals surface area contributed by atoms with Crippen molar-refractivity contribution in [2.45, 2.75) is 38.8 Å². The average molecular weight is 521 g/mol. The summed E-state index contributed by atoms with van der Waals surface area (Å²) in [7, 11) is 0. The molecule has 0 unspecified atom stereocenters. The number of nitrogens with one attached hydrogen (secondary N) is 1. The van der Waals surface area contributed by atoms with Gasteiger partial charge >= 0.3 is 6.03 Å². The molecule has 1 aromatic heterocycles. The third kappa shape index (κ3) is 5.70. The van der Waals surface area contributed by atoms with E-state index < -0.39 is 0 Å². The first-order valence-electron chi connectivity index (χ1n) is 12.9. The quantitative estimate of drug-likeness (QED) is 0.497. The van der Waals surface area contributed by atoms with Crippen molar-refractivity contribution >= 4 is 29.0 Å². The summed E-state index contributed by atoms with van der Waals surface area (Å²) in [6, 6.07) is 16.4. The van der Waals surface area contributed by atoms with E-state index in [1.54, 1.807) is 28.4 Å². The largest absolute Gasteiger partial charge is 0.339 e. The maximum atomic E-state index is 14.1. The van der Waals surface area contributed by atoms with Crippen LogP contribution in [0.15, 0.2) is 60.0 Å². The number of hydrogen-bond donors (Lipinski definition) is 1. The first kappa shape index (κ1) is 25.4. The van der Waals surface area contributed by atoms with Crippen LogP contribution in [0.2, 0.25) is 0 Å². The van der Waals surface area contributed by atoms with Gasteiger partial charge in [0.25, 0.3) is 0 Å². The molecule has 0 aliphatic carbocycles. The molecule has 0 bridgehead atoms. The van der Waals surface area contributed by atoms with Gasteiger partial charge in [0.2, 0.25) is 5.91 Å². The summed E-state index contributed by atoms with van der Waals surface area (Å²) in [6.07, 6.45) is 1.34. The summed E-state index contributed by atoms with van der Waals surface area (Å²) < 4.78 is 14.1. The van der Waals surface area contributed by atoms with Crippen molar-refractivity contribution in [2.24, 2.45) is 0 Å². The van der Waals surface area contributed by atoms with E-state index >= 15 is 0 Å². The third-order valence-corrected chi connectivity index (χ3v) is 8.38. The number of nitrogens with zero attached hydrogens (tertiary/aromatic N) is 3. The van der Waals surface area contributed by atoms with Crippen LogP contribution in [0.4, 0.5) is 14.9 Å². The zero-order valence-electron chi connectivity index (χ0n) is 21.3. The molecule has 2 aliphatic heterocycles. The minimum Gasteiger partial charge on any atom is -0.339 e. The number of anilines is 1. The number of piperazine rings is 1. The van der Waals surface area contributed by atoms with Gasteiger partial charge in [-0.2, -0.15) is 0 Å². The number of aryl methyl sites for hydroxylation is 1. The van der Waals surface area contributed by atoms with Crippen LogP contribution in [0.5, 0.6) is 0 Å². The predicted octanol–water partition coefficient (Wildman–Crippen LogP) is 5.30. The normalized spacial score (nSPS) is 20.0. The molecule has 1 fully saturated rings. The van der Waals surface area contributed by atoms with E-state index in [1.165, 1.54) is 16.5 Å². The van der Waals surface area contributed by atoms with Crippen molar-refractivity contribution < 1.29 is 14.0 Å². The van der Waals surface area contributed by atoms with Gasteiger partial charge in [-0.15, -0.1) is 11.3 Å². The fraction of sp³-hybridized carbons (Fsp3) is 0.379. The van der Waals surface area contributed by atoms with Gasteiger partial charge in [0.05, 0.1) is 6.04 Å². The highest BCUT2D eigenvalue weighted by atomic mass is 32.1. The molecule has 0 spiro atoms. The fourth-order valence-corrected chi connectivity index (χ4v) is 6.30. The number of halogens is 1. The Kier molecular flexibility index (Phi) is 7.58. The molecule has 3 heterocycles. The molecule has 1 N–H and O–H groups in total. The monoisotopic (exact) mass is 520 g/mol. The molecule has 2 aliphatic rings. The van der Waals surface area contributed by atoms with Crippen molar-refractivity contribution in [2.75, 3.05) is 38.0 Å². The average Bonchev–Trinajstić information content (AvgIpc) is 3.37. The number of fused-ring (bicyclic) bond motifs is 1. The highest BCUT2D eigenvalue weighted by Crippen LogP contribution is 2.38. The van der Waals surface area contributed by atoms with Gasteiger partial charge in [-0.3, -0.25) is 9.69 Å². The minimum atomic E-state index is -0.242. The van der Waals surface area contributed by atoms with Crippen molar-refractivity contribution in [1.29, 1.82) is 0 Å². The van der Waals surface area contributed by atoms with E-state index in [1.807, 2.05) is 49.1 Å². The van der Waals surface area contributed by atoms with Gasteiger partial charge in [-0.1, -0.05) is 29.8 Å². The molecule has 3 aromatic rings. The number of carbonyl (C=O) groups is 2. The maximum absolute atomic E-state index is 14.1. The van der Waals surface area contributed by atoms with Crippen LogP contribution < -0.4 is 5.32 Å². The van der Waals surface area contributed by atoms with Crippen LogP contribution in [0.3, 0.4) is 0 Å². The summed E-state index contributed by atoms with van der Waals surface area (Å²) in [5.74, 6) is -0.145. The summed E-state index contributed by atoms with van der Waals surface area (Å²) in [5, 5.41) is 5.06. The predicted molar refractivity (Wildman–Crippen MR) is 145 cm³/mol. The van der Waals surface area contributed by atoms with Gasteiger partial charge in [0.15, 0.2) is 0 Å². The van der Waals surface area contributed by atoms with E-state index in [0.717, 1.165) is 29.8 Å². The van der Waals surface area contributed by atoms with Crippen LogP contribution in [0.25, 0.3) is 0 Å². The topological polar surface area (TPSA) is 55.9 Å². The van der Waals surface area contributed by atoms with E-state index in [2.05, 4.69) is 21.7 Å². The van der Waals surface area contributed by atoms with Crippen LogP contribution in [0.1, 0.15) is 41.0 Å². The molecule has 194 valence electrons. The van der Waals surface area contributed by atoms with Crippen molar-refractivity contribution in [1.82, 2.24) is 14.7 Å². The third-order valence-electron chi connectivity index (χ3n) is 7.39. The first-order chi connectivity index (χ1) is 17.9. The number of urea groups is 1. The van der Waals surface area contributed by atoms with Crippen molar-refractivity contribution in [3.8, 4) is 0 Å². The Labute approximate surface area is 221 Å². The zero-order valence-corrected chi connectivity index (χ0v) is 22.1. The highest BCUT2D eigenvalue weighted by molar-refractivity contribution is 7.10. The van der Waals surface area contributed by atoms with Gasteiger partial charge in [0.1, 0.15) is 5.82 Å². The lowest BCUT2D eigenvalue weighted by Crippen LogP contribution is -2.56. The Hall–Kier alpha value is -3.23. The lowest BCUT2D eigenvalue weighted by Gasteiger charge is -2.40. The van der Waals surface area contributed by atoms with Gasteiger partial charge < -0.3 is 15.1 Å². The second kappa shape index (κ2) is 11.0. The van der Waals surface area contributed by atoms with Crippen LogP contribution in [-0.4, -0.2) is 65.4 Å². The highest BCUT2D eigenvalue weighted by Gasteiger charge is 2.32. The smallest absolute Gasteiger partial charge is 0.322 e. The van der Waals surface area contributed by atoms with Gasteiger partial charge in [0, 0.05) is 55.8 Å². The molecule has 2 atom stereocenters. The van der Waals surface area contributed by atoms with Crippen LogP contribution >= 0.6 is 11.3 Å². The number of amides is 3. The standard InChI is InChI=1S/C29H33FN4O2S/c1-20-6-8-24(9-7-20)31-29(36)34-16-15-33(19-21(34)2)27(35)11-14-32-13-10-26-25(12-17-37-26)28(32)22-4-3-5-23(30)18-22/h3-9,12,17-18,21,28H,10-11,13-16,19H2,1-2H3,(H,31,36)/t21-,28-/m1/s1. The molecule has 3 amide bonds. The van der Waals surface area contributed by atoms with Gasteiger partial charge in [-0.05, 0) is 67.1 Å². The lowest BCUT2D eigenvalue weighted by atomic mass is 9.93. The summed E-state index contributed by atoms with van der Waals surface area (Å²) in [6.45, 7) is 6.98. The Balaban J connectivity index is 1.18. The second-order valence-electron chi connectivity index (χ2n) is 9.97. The first-order valence-corrected chi connectivity index (χ1v) is 13.7. The lowest BCUT2D eigenvalue weighted by molar-refractivity contribution is -0.134. The molecular weight excluding hydrogens is 487 g/mol. The Morgan fingerprint density at radius 2 is 1.89 bits per heavy atom. The molecule has 37 heavy (non-hydrogen) atoms. The summed E-state index contributed by atoms with van der Waals surface area (Å²) >= 11 is 1.75. The Morgan fingerprint density at radius 1 is 1.08 bits per heavy atom. The molecule has 6 nitrogen and oxygen atoms in total. The maximum Gasteiger partial charge on any atom is 0.322 e. The summed E-state index contributed by atoms with van der Waals surface area (Å²) in [5.41, 5.74) is 4.05. The van der Waals surface area contributed by atoms with Crippen LogP contribution in [-0.2, 0) is 11.2 Å². The molecule has 1 saturated heterocycles. The number of thiophene rings is 1. The van der Waals surface area contributed by atoms with E-state index in [4.69, 9.17) is 0 Å². The molecule has 0 radical (unpaired) electrons. The second-order valence-corrected chi connectivity index (χ2v) is 11.0.